The number of amides is 1. The van der Waals surface area contributed by atoms with Crippen LogP contribution in [-0.4, -0.2) is 22.0 Å². The van der Waals surface area contributed by atoms with Crippen LogP contribution in [0, 0.1) is 0 Å². The highest BCUT2D eigenvalue weighted by Gasteiger charge is 2.19. The van der Waals surface area contributed by atoms with E-state index < -0.39 is 0 Å². The summed E-state index contributed by atoms with van der Waals surface area (Å²) in [6, 6.07) is 15.1. The van der Waals surface area contributed by atoms with E-state index >= 15 is 0 Å². The summed E-state index contributed by atoms with van der Waals surface area (Å²) in [5, 5.41) is 0. The van der Waals surface area contributed by atoms with E-state index in [1.54, 1.807) is 11.2 Å². The molecule has 0 fully saturated rings. The van der Waals surface area contributed by atoms with Crippen LogP contribution in [-0.2, 0) is 20.1 Å². The second-order valence-corrected chi connectivity index (χ2v) is 6.58. The van der Waals surface area contributed by atoms with Crippen molar-refractivity contribution in [3.8, 4) is 5.75 Å². The number of carbonyl (C=O) groups excluding carboxylic acids is 1. The second kappa shape index (κ2) is 9.12. The van der Waals surface area contributed by atoms with Crippen LogP contribution in [0.2, 0.25) is 0 Å². The fourth-order valence-electron chi connectivity index (χ4n) is 2.86. The van der Waals surface area contributed by atoms with Crippen molar-refractivity contribution in [2.45, 2.75) is 32.9 Å². The number of aryl methyl sites for hydroxylation is 1. The Bertz CT molecular complexity index is 835. The fraction of sp³-hybridized carbons (Fsp3) is 0.318. The van der Waals surface area contributed by atoms with Crippen LogP contribution in [0.5, 0.6) is 5.75 Å². The van der Waals surface area contributed by atoms with Crippen LogP contribution in [0.4, 0.5) is 0 Å². The van der Waals surface area contributed by atoms with Crippen LogP contribution < -0.4 is 4.74 Å². The molecule has 0 bridgehead atoms. The lowest BCUT2D eigenvalue weighted by Crippen LogP contribution is -2.30. The second-order valence-electron chi connectivity index (χ2n) is 6.58. The van der Waals surface area contributed by atoms with Crippen molar-refractivity contribution >= 4 is 5.91 Å². The number of unbranched alkanes of at least 4 members (excludes halogenated alkanes) is 1. The topological polar surface area (TPSA) is 47.6 Å². The molecule has 0 aliphatic carbocycles. The maximum Gasteiger partial charge on any atom is 0.254 e. The Labute approximate surface area is 160 Å². The smallest absolute Gasteiger partial charge is 0.254 e. The Morgan fingerprint density at radius 1 is 1.11 bits per heavy atom. The highest BCUT2D eigenvalue weighted by Crippen LogP contribution is 2.18. The first-order valence-electron chi connectivity index (χ1n) is 9.32. The minimum atomic E-state index is -0.0345. The van der Waals surface area contributed by atoms with Gasteiger partial charge in [-0.3, -0.25) is 4.79 Å². The molecule has 5 heteroatoms. The number of ether oxygens (including phenoxy) is 1. The van der Waals surface area contributed by atoms with Gasteiger partial charge >= 0.3 is 0 Å². The van der Waals surface area contributed by atoms with E-state index in [4.69, 9.17) is 9.15 Å². The van der Waals surface area contributed by atoms with Crippen molar-refractivity contribution in [2.24, 2.45) is 7.05 Å². The molecule has 27 heavy (non-hydrogen) atoms. The third-order valence-corrected chi connectivity index (χ3v) is 4.49. The minimum Gasteiger partial charge on any atom is -0.494 e. The molecular weight excluding hydrogens is 340 g/mol. The molecule has 1 amide bonds. The lowest BCUT2D eigenvalue weighted by molar-refractivity contribution is 0.0714. The van der Waals surface area contributed by atoms with E-state index in [-0.39, 0.29) is 5.91 Å². The molecule has 3 rings (SSSR count). The number of furan rings is 1. The van der Waals surface area contributed by atoms with Crippen LogP contribution in [0.15, 0.2) is 65.4 Å². The van der Waals surface area contributed by atoms with Gasteiger partial charge in [0, 0.05) is 24.5 Å². The van der Waals surface area contributed by atoms with Crippen molar-refractivity contribution in [3.63, 3.8) is 0 Å². The predicted octanol–water partition coefficient (Wildman–Crippen LogP) is 4.64. The summed E-state index contributed by atoms with van der Waals surface area (Å²) >= 11 is 0. The van der Waals surface area contributed by atoms with E-state index in [1.807, 2.05) is 66.3 Å². The molecule has 0 aliphatic rings. The molecule has 3 aromatic rings. The van der Waals surface area contributed by atoms with Crippen molar-refractivity contribution in [2.75, 3.05) is 6.61 Å². The molecular formula is C22H26N2O3. The summed E-state index contributed by atoms with van der Waals surface area (Å²) in [6.45, 7) is 3.76. The molecule has 0 radical (unpaired) electrons. The molecule has 0 spiro atoms. The first-order valence-corrected chi connectivity index (χ1v) is 9.32. The summed E-state index contributed by atoms with van der Waals surface area (Å²) < 4.78 is 13.2. The van der Waals surface area contributed by atoms with Gasteiger partial charge in [-0.25, -0.2) is 0 Å². The zero-order valence-electron chi connectivity index (χ0n) is 15.9. The van der Waals surface area contributed by atoms with Gasteiger partial charge in [-0.05, 0) is 55.0 Å². The minimum absolute atomic E-state index is 0.0345. The first-order chi connectivity index (χ1) is 13.2. The summed E-state index contributed by atoms with van der Waals surface area (Å²) in [5.74, 6) is 1.52. The number of aromatic nitrogens is 1. The summed E-state index contributed by atoms with van der Waals surface area (Å²) in [7, 11) is 1.98. The molecule has 0 saturated carbocycles. The average molecular weight is 366 g/mol. The molecule has 0 aliphatic heterocycles. The lowest BCUT2D eigenvalue weighted by Gasteiger charge is -2.22. The Balaban J connectivity index is 1.74. The Morgan fingerprint density at radius 2 is 1.93 bits per heavy atom. The quantitative estimate of drug-likeness (QED) is 0.518. The number of rotatable bonds is 9. The fourth-order valence-corrected chi connectivity index (χ4v) is 2.86. The number of benzene rings is 1. The van der Waals surface area contributed by atoms with Gasteiger partial charge in [0.2, 0.25) is 0 Å². The van der Waals surface area contributed by atoms with Crippen LogP contribution in [0.25, 0.3) is 0 Å². The Hall–Kier alpha value is -2.95. The number of nitrogens with zero attached hydrogens (tertiary/aromatic N) is 2. The Morgan fingerprint density at radius 3 is 2.56 bits per heavy atom. The van der Waals surface area contributed by atoms with Crippen LogP contribution >= 0.6 is 0 Å². The zero-order valence-corrected chi connectivity index (χ0v) is 15.9. The molecule has 0 atom stereocenters. The number of hydrogen-bond acceptors (Lipinski definition) is 3. The highest BCUT2D eigenvalue weighted by molar-refractivity contribution is 5.94. The average Bonchev–Trinajstić information content (AvgIpc) is 3.33. The van der Waals surface area contributed by atoms with Crippen LogP contribution in [0.1, 0.15) is 41.6 Å². The summed E-state index contributed by atoms with van der Waals surface area (Å²) in [6.07, 6.45) is 5.72. The zero-order chi connectivity index (χ0) is 19.1. The summed E-state index contributed by atoms with van der Waals surface area (Å²) in [4.78, 5) is 14.9. The molecule has 0 N–H and O–H groups in total. The van der Waals surface area contributed by atoms with Gasteiger partial charge in [0.1, 0.15) is 11.5 Å². The highest BCUT2D eigenvalue weighted by atomic mass is 16.5. The molecule has 142 valence electrons. The molecule has 0 saturated heterocycles. The lowest BCUT2D eigenvalue weighted by atomic mass is 10.1. The van der Waals surface area contributed by atoms with Gasteiger partial charge in [0.25, 0.3) is 5.91 Å². The van der Waals surface area contributed by atoms with E-state index in [9.17, 15) is 4.79 Å². The SMILES string of the molecule is CCCCOc1ccc(C(=O)N(Cc2ccco2)Cc2cccn2C)cc1. The number of carbonyl (C=O) groups is 1. The van der Waals surface area contributed by atoms with Gasteiger partial charge in [-0.1, -0.05) is 13.3 Å². The molecule has 2 aromatic heterocycles. The van der Waals surface area contributed by atoms with Crippen molar-refractivity contribution in [1.82, 2.24) is 9.47 Å². The van der Waals surface area contributed by atoms with Crippen molar-refractivity contribution < 1.29 is 13.9 Å². The van der Waals surface area contributed by atoms with E-state index in [0.717, 1.165) is 30.0 Å². The largest absolute Gasteiger partial charge is 0.494 e. The maximum atomic E-state index is 13.1. The molecule has 1 aromatic carbocycles. The standard InChI is InChI=1S/C22H26N2O3/c1-3-4-14-26-20-11-9-18(10-12-20)22(25)24(17-21-8-6-15-27-21)16-19-7-5-13-23(19)2/h5-13,15H,3-4,14,16-17H2,1-2H3. The normalized spacial score (nSPS) is 10.7. The van der Waals surface area contributed by atoms with Gasteiger partial charge in [-0.2, -0.15) is 0 Å². The Kier molecular flexibility index (Phi) is 6.36. The number of hydrogen-bond donors (Lipinski definition) is 0. The predicted molar refractivity (Wildman–Crippen MR) is 105 cm³/mol. The molecule has 0 unspecified atom stereocenters. The summed E-state index contributed by atoms with van der Waals surface area (Å²) in [5.41, 5.74) is 1.70. The third kappa shape index (κ3) is 5.03. The van der Waals surface area contributed by atoms with Gasteiger partial charge in [0.15, 0.2) is 0 Å². The van der Waals surface area contributed by atoms with Gasteiger partial charge in [0.05, 0.1) is 26.0 Å². The van der Waals surface area contributed by atoms with E-state index in [0.29, 0.717) is 25.3 Å². The van der Waals surface area contributed by atoms with E-state index in [1.165, 1.54) is 0 Å². The van der Waals surface area contributed by atoms with Gasteiger partial charge in [-0.15, -0.1) is 0 Å². The molecule has 5 nitrogen and oxygen atoms in total. The van der Waals surface area contributed by atoms with Crippen LogP contribution in [0.3, 0.4) is 0 Å². The maximum absolute atomic E-state index is 13.1. The third-order valence-electron chi connectivity index (χ3n) is 4.49. The van der Waals surface area contributed by atoms with E-state index in [2.05, 4.69) is 6.92 Å². The van der Waals surface area contributed by atoms with Crippen molar-refractivity contribution in [1.29, 1.82) is 0 Å². The first kappa shape index (κ1) is 18.8. The monoisotopic (exact) mass is 366 g/mol. The molecule has 2 heterocycles. The van der Waals surface area contributed by atoms with Crippen molar-refractivity contribution in [3.05, 3.63) is 78.0 Å². The van der Waals surface area contributed by atoms with Gasteiger partial charge < -0.3 is 18.6 Å².